The third-order valence-corrected chi connectivity index (χ3v) is 3.50. The summed E-state index contributed by atoms with van der Waals surface area (Å²) in [6.45, 7) is 0.575. The van der Waals surface area contributed by atoms with Gasteiger partial charge in [0.15, 0.2) is 11.5 Å². The SMILES string of the molecule is Oc1cc(OCc2ccccc2)c(O)c(OCc2ccccc2)c1. The highest BCUT2D eigenvalue weighted by molar-refractivity contribution is 5.54. The number of benzene rings is 3. The smallest absolute Gasteiger partial charge is 0.201 e. The molecule has 0 saturated carbocycles. The first-order valence-corrected chi connectivity index (χ1v) is 7.62. The van der Waals surface area contributed by atoms with Crippen molar-refractivity contribution in [2.75, 3.05) is 0 Å². The first kappa shape index (κ1) is 15.7. The molecule has 0 aliphatic carbocycles. The van der Waals surface area contributed by atoms with E-state index in [2.05, 4.69) is 0 Å². The molecule has 0 radical (unpaired) electrons. The molecule has 0 amide bonds. The Morgan fingerprint density at radius 3 is 1.46 bits per heavy atom. The summed E-state index contributed by atoms with van der Waals surface area (Å²) in [4.78, 5) is 0. The molecule has 0 fully saturated rings. The van der Waals surface area contributed by atoms with E-state index in [4.69, 9.17) is 9.47 Å². The lowest BCUT2D eigenvalue weighted by molar-refractivity contribution is 0.260. The highest BCUT2D eigenvalue weighted by Crippen LogP contribution is 2.40. The lowest BCUT2D eigenvalue weighted by atomic mass is 10.2. The second-order valence-electron chi connectivity index (χ2n) is 5.34. The summed E-state index contributed by atoms with van der Waals surface area (Å²) in [6, 6.07) is 21.9. The molecule has 3 rings (SSSR count). The summed E-state index contributed by atoms with van der Waals surface area (Å²) < 4.78 is 11.2. The minimum absolute atomic E-state index is 0.0288. The molecule has 0 spiro atoms. The van der Waals surface area contributed by atoms with Crippen LogP contribution < -0.4 is 9.47 Å². The van der Waals surface area contributed by atoms with Gasteiger partial charge in [-0.3, -0.25) is 0 Å². The molecule has 0 bridgehead atoms. The number of hydrogen-bond acceptors (Lipinski definition) is 4. The van der Waals surface area contributed by atoms with Crippen LogP contribution in [0, 0.1) is 0 Å². The summed E-state index contributed by atoms with van der Waals surface area (Å²) in [6.07, 6.45) is 0. The van der Waals surface area contributed by atoms with E-state index >= 15 is 0 Å². The summed E-state index contributed by atoms with van der Waals surface area (Å²) in [5.41, 5.74) is 1.93. The quantitative estimate of drug-likeness (QED) is 0.666. The molecular weight excluding hydrogens is 304 g/mol. The van der Waals surface area contributed by atoms with Gasteiger partial charge in [-0.2, -0.15) is 0 Å². The lowest BCUT2D eigenvalue weighted by Crippen LogP contribution is -1.98. The van der Waals surface area contributed by atoms with Crippen LogP contribution in [0.2, 0.25) is 0 Å². The minimum atomic E-state index is -0.125. The molecule has 0 aliphatic heterocycles. The van der Waals surface area contributed by atoms with E-state index in [0.717, 1.165) is 11.1 Å². The molecule has 0 aliphatic rings. The molecule has 122 valence electrons. The van der Waals surface area contributed by atoms with E-state index in [9.17, 15) is 10.2 Å². The molecule has 3 aromatic carbocycles. The number of ether oxygens (including phenoxy) is 2. The second kappa shape index (κ2) is 7.42. The maximum Gasteiger partial charge on any atom is 0.201 e. The van der Waals surface area contributed by atoms with Gasteiger partial charge in [-0.25, -0.2) is 0 Å². The molecule has 0 atom stereocenters. The van der Waals surface area contributed by atoms with Crippen molar-refractivity contribution in [1.82, 2.24) is 0 Å². The topological polar surface area (TPSA) is 58.9 Å². The third-order valence-electron chi connectivity index (χ3n) is 3.50. The Labute approximate surface area is 140 Å². The van der Waals surface area contributed by atoms with Crippen LogP contribution >= 0.6 is 0 Å². The second-order valence-corrected chi connectivity index (χ2v) is 5.34. The maximum atomic E-state index is 10.3. The fraction of sp³-hybridized carbons (Fsp3) is 0.100. The van der Waals surface area contributed by atoms with Crippen molar-refractivity contribution < 1.29 is 19.7 Å². The number of rotatable bonds is 6. The van der Waals surface area contributed by atoms with Gasteiger partial charge in [-0.1, -0.05) is 60.7 Å². The molecule has 24 heavy (non-hydrogen) atoms. The zero-order valence-corrected chi connectivity index (χ0v) is 13.1. The summed E-state index contributed by atoms with van der Waals surface area (Å²) in [5, 5.41) is 20.1. The standard InChI is InChI=1S/C20H18O4/c21-17-11-18(23-13-15-7-3-1-4-8-15)20(22)19(12-17)24-14-16-9-5-2-6-10-16/h1-12,21-22H,13-14H2. The highest BCUT2D eigenvalue weighted by Gasteiger charge is 2.13. The van der Waals surface area contributed by atoms with E-state index in [1.54, 1.807) is 0 Å². The minimum Gasteiger partial charge on any atom is -0.508 e. The lowest BCUT2D eigenvalue weighted by Gasteiger charge is -2.13. The van der Waals surface area contributed by atoms with Crippen LogP contribution in [0.5, 0.6) is 23.0 Å². The zero-order chi connectivity index (χ0) is 16.8. The molecule has 3 aromatic rings. The van der Waals surface area contributed by atoms with Crippen LogP contribution in [0.1, 0.15) is 11.1 Å². The van der Waals surface area contributed by atoms with Crippen LogP contribution in [0.25, 0.3) is 0 Å². The number of phenolic OH excluding ortho intramolecular Hbond substituents is 2. The van der Waals surface area contributed by atoms with E-state index < -0.39 is 0 Å². The van der Waals surface area contributed by atoms with Crippen LogP contribution in [0.3, 0.4) is 0 Å². The average molecular weight is 322 g/mol. The normalized spacial score (nSPS) is 10.3. The van der Waals surface area contributed by atoms with Gasteiger partial charge in [-0.15, -0.1) is 0 Å². The van der Waals surface area contributed by atoms with Gasteiger partial charge in [0.25, 0.3) is 0 Å². The zero-order valence-electron chi connectivity index (χ0n) is 13.1. The van der Waals surface area contributed by atoms with Gasteiger partial charge < -0.3 is 19.7 Å². The molecule has 4 nitrogen and oxygen atoms in total. The van der Waals surface area contributed by atoms with Crippen LogP contribution in [0.15, 0.2) is 72.8 Å². The van der Waals surface area contributed by atoms with Crippen molar-refractivity contribution in [3.8, 4) is 23.0 Å². The first-order chi connectivity index (χ1) is 11.7. The molecule has 4 heteroatoms. The predicted molar refractivity (Wildman–Crippen MR) is 91.3 cm³/mol. The molecule has 0 heterocycles. The Bertz CT molecular complexity index is 721. The van der Waals surface area contributed by atoms with E-state index in [0.29, 0.717) is 0 Å². The Kier molecular flexibility index (Phi) is 4.87. The first-order valence-electron chi connectivity index (χ1n) is 7.62. The van der Waals surface area contributed by atoms with Crippen molar-refractivity contribution in [3.63, 3.8) is 0 Å². The van der Waals surface area contributed by atoms with Gasteiger partial charge >= 0.3 is 0 Å². The van der Waals surface area contributed by atoms with Gasteiger partial charge in [0.05, 0.1) is 0 Å². The van der Waals surface area contributed by atoms with Crippen LogP contribution in [0.4, 0.5) is 0 Å². The summed E-state index contributed by atoms with van der Waals surface area (Å²) in [7, 11) is 0. The van der Waals surface area contributed by atoms with Crippen molar-refractivity contribution in [3.05, 3.63) is 83.9 Å². The maximum absolute atomic E-state index is 10.3. The molecule has 0 aromatic heterocycles. The average Bonchev–Trinajstić information content (AvgIpc) is 2.62. The largest absolute Gasteiger partial charge is 0.508 e. The van der Waals surface area contributed by atoms with Crippen LogP contribution in [-0.4, -0.2) is 10.2 Å². The Morgan fingerprint density at radius 1 is 0.625 bits per heavy atom. The number of hydrogen-bond donors (Lipinski definition) is 2. The van der Waals surface area contributed by atoms with Gasteiger partial charge in [0.1, 0.15) is 19.0 Å². The fourth-order valence-electron chi connectivity index (χ4n) is 2.26. The molecule has 0 saturated heterocycles. The monoisotopic (exact) mass is 322 g/mol. The van der Waals surface area contributed by atoms with E-state index in [1.807, 2.05) is 60.7 Å². The van der Waals surface area contributed by atoms with Crippen LogP contribution in [-0.2, 0) is 13.2 Å². The summed E-state index contributed by atoms with van der Waals surface area (Å²) >= 11 is 0. The Balaban J connectivity index is 1.72. The Hall–Kier alpha value is -3.14. The molecule has 0 unspecified atom stereocenters. The fourth-order valence-corrected chi connectivity index (χ4v) is 2.26. The number of aromatic hydroxyl groups is 2. The molecule has 2 N–H and O–H groups in total. The van der Waals surface area contributed by atoms with Crippen molar-refractivity contribution in [1.29, 1.82) is 0 Å². The van der Waals surface area contributed by atoms with Gasteiger partial charge in [0, 0.05) is 12.1 Å². The predicted octanol–water partition coefficient (Wildman–Crippen LogP) is 4.26. The third kappa shape index (κ3) is 3.98. The Morgan fingerprint density at radius 2 is 1.04 bits per heavy atom. The van der Waals surface area contributed by atoms with Gasteiger partial charge in [-0.05, 0) is 11.1 Å². The van der Waals surface area contributed by atoms with Crippen molar-refractivity contribution in [2.45, 2.75) is 13.2 Å². The summed E-state index contributed by atoms with van der Waals surface area (Å²) in [5.74, 6) is 0.211. The van der Waals surface area contributed by atoms with E-state index in [-0.39, 0.29) is 36.2 Å². The highest BCUT2D eigenvalue weighted by atomic mass is 16.5. The van der Waals surface area contributed by atoms with Gasteiger partial charge in [0.2, 0.25) is 5.75 Å². The van der Waals surface area contributed by atoms with Crippen molar-refractivity contribution in [2.24, 2.45) is 0 Å². The van der Waals surface area contributed by atoms with Crippen molar-refractivity contribution >= 4 is 0 Å². The number of phenols is 2. The molecular formula is C20H18O4. The van der Waals surface area contributed by atoms with E-state index in [1.165, 1.54) is 12.1 Å².